The van der Waals surface area contributed by atoms with Gasteiger partial charge in [-0.05, 0) is 50.3 Å². The molecule has 1 aliphatic carbocycles. The second-order valence-electron chi connectivity index (χ2n) is 5.99. The van der Waals surface area contributed by atoms with Crippen LogP contribution in [0.5, 0.6) is 0 Å². The molecule has 1 heterocycles. The number of rotatable bonds is 8. The zero-order valence-electron chi connectivity index (χ0n) is 13.0. The predicted molar refractivity (Wildman–Crippen MR) is 87.3 cm³/mol. The molecule has 0 radical (unpaired) electrons. The van der Waals surface area contributed by atoms with Crippen molar-refractivity contribution in [3.05, 3.63) is 21.4 Å². The molecule has 0 unspecified atom stereocenters. The highest BCUT2D eigenvalue weighted by atomic mass is 32.1. The lowest BCUT2D eigenvalue weighted by molar-refractivity contribution is 0.0738. The van der Waals surface area contributed by atoms with Crippen molar-refractivity contribution in [2.45, 2.75) is 65.5 Å². The average Bonchev–Trinajstić information content (AvgIpc) is 2.81. The minimum Gasteiger partial charge on any atom is -0.376 e. The summed E-state index contributed by atoms with van der Waals surface area (Å²) in [5, 5.41) is 3.47. The molecular weight excluding hydrogens is 266 g/mol. The van der Waals surface area contributed by atoms with E-state index in [2.05, 4.69) is 25.2 Å². The Balaban J connectivity index is 1.71. The molecule has 2 nitrogen and oxygen atoms in total. The zero-order chi connectivity index (χ0) is 14.2. The van der Waals surface area contributed by atoms with E-state index in [0.29, 0.717) is 0 Å². The third-order valence-electron chi connectivity index (χ3n) is 4.13. The maximum Gasteiger partial charge on any atom is 0.0727 e. The predicted octanol–water partition coefficient (Wildman–Crippen LogP) is 4.65. The van der Waals surface area contributed by atoms with Gasteiger partial charge >= 0.3 is 0 Å². The van der Waals surface area contributed by atoms with Gasteiger partial charge in [-0.1, -0.05) is 26.2 Å². The second kappa shape index (κ2) is 8.81. The van der Waals surface area contributed by atoms with Gasteiger partial charge in [0.05, 0.1) is 6.61 Å². The van der Waals surface area contributed by atoms with Crippen molar-refractivity contribution in [1.29, 1.82) is 0 Å². The first kappa shape index (κ1) is 16.0. The largest absolute Gasteiger partial charge is 0.376 e. The highest BCUT2D eigenvalue weighted by Crippen LogP contribution is 2.25. The minimum atomic E-state index is 0.798. The molecule has 0 spiro atoms. The van der Waals surface area contributed by atoms with Crippen LogP contribution in [0.15, 0.2) is 6.07 Å². The van der Waals surface area contributed by atoms with E-state index in [1.165, 1.54) is 53.8 Å². The number of thiophene rings is 1. The lowest BCUT2D eigenvalue weighted by Crippen LogP contribution is -2.13. The van der Waals surface area contributed by atoms with Crippen molar-refractivity contribution in [3.8, 4) is 0 Å². The number of nitrogens with one attached hydrogen (secondary N) is 1. The highest BCUT2D eigenvalue weighted by molar-refractivity contribution is 7.12. The van der Waals surface area contributed by atoms with Crippen molar-refractivity contribution < 1.29 is 4.74 Å². The Morgan fingerprint density at radius 2 is 2.10 bits per heavy atom. The van der Waals surface area contributed by atoms with Crippen LogP contribution in [0.2, 0.25) is 0 Å². The van der Waals surface area contributed by atoms with Gasteiger partial charge in [0, 0.05) is 22.9 Å². The fraction of sp³-hybridized carbons (Fsp3) is 0.765. The minimum absolute atomic E-state index is 0.798. The van der Waals surface area contributed by atoms with Crippen LogP contribution >= 0.6 is 11.3 Å². The first-order valence-corrected chi connectivity index (χ1v) is 8.98. The van der Waals surface area contributed by atoms with Crippen LogP contribution < -0.4 is 5.32 Å². The summed E-state index contributed by atoms with van der Waals surface area (Å²) < 4.78 is 5.97. The van der Waals surface area contributed by atoms with Crippen molar-refractivity contribution in [3.63, 3.8) is 0 Å². The summed E-state index contributed by atoms with van der Waals surface area (Å²) in [5.41, 5.74) is 1.39. The van der Waals surface area contributed by atoms with Crippen LogP contribution in [0.1, 0.15) is 60.8 Å². The van der Waals surface area contributed by atoms with Gasteiger partial charge in [0.2, 0.25) is 0 Å². The maximum atomic E-state index is 5.97. The van der Waals surface area contributed by atoms with Gasteiger partial charge < -0.3 is 10.1 Å². The molecule has 0 aromatic carbocycles. The van der Waals surface area contributed by atoms with Gasteiger partial charge in [0.25, 0.3) is 0 Å². The van der Waals surface area contributed by atoms with Gasteiger partial charge in [0.15, 0.2) is 0 Å². The van der Waals surface area contributed by atoms with Crippen molar-refractivity contribution >= 4 is 11.3 Å². The van der Waals surface area contributed by atoms with E-state index in [9.17, 15) is 0 Å². The molecule has 1 N–H and O–H groups in total. The van der Waals surface area contributed by atoms with Gasteiger partial charge in [-0.25, -0.2) is 0 Å². The van der Waals surface area contributed by atoms with Crippen molar-refractivity contribution in [1.82, 2.24) is 5.32 Å². The molecule has 0 saturated heterocycles. The lowest BCUT2D eigenvalue weighted by Gasteiger charge is -2.21. The smallest absolute Gasteiger partial charge is 0.0727 e. The zero-order valence-corrected chi connectivity index (χ0v) is 13.9. The Bertz CT molecular complexity index is 382. The molecule has 3 heteroatoms. The standard InChI is InChI=1S/C17H29NOS/c1-3-9-18-11-17-10-16(14(2)20-17)13-19-12-15-7-5-4-6-8-15/h10,15,18H,3-9,11-13H2,1-2H3. The molecule has 2 rings (SSSR count). The number of hydrogen-bond acceptors (Lipinski definition) is 3. The van der Waals surface area contributed by atoms with Gasteiger partial charge in [-0.3, -0.25) is 0 Å². The molecule has 1 aromatic rings. The topological polar surface area (TPSA) is 21.3 Å². The van der Waals surface area contributed by atoms with E-state index in [0.717, 1.165) is 32.2 Å². The number of aryl methyl sites for hydroxylation is 1. The van der Waals surface area contributed by atoms with Gasteiger partial charge in [-0.15, -0.1) is 11.3 Å². The Hall–Kier alpha value is -0.380. The Morgan fingerprint density at radius 3 is 2.85 bits per heavy atom. The third-order valence-corrected chi connectivity index (χ3v) is 5.23. The van der Waals surface area contributed by atoms with E-state index in [-0.39, 0.29) is 0 Å². The molecule has 0 bridgehead atoms. The second-order valence-corrected chi connectivity index (χ2v) is 7.33. The van der Waals surface area contributed by atoms with Crippen LogP contribution in [-0.2, 0) is 17.9 Å². The fourth-order valence-electron chi connectivity index (χ4n) is 2.90. The average molecular weight is 295 g/mol. The van der Waals surface area contributed by atoms with Crippen LogP contribution in [0.25, 0.3) is 0 Å². The monoisotopic (exact) mass is 295 g/mol. The van der Waals surface area contributed by atoms with E-state index < -0.39 is 0 Å². The van der Waals surface area contributed by atoms with E-state index in [1.54, 1.807) is 0 Å². The first-order valence-electron chi connectivity index (χ1n) is 8.16. The summed E-state index contributed by atoms with van der Waals surface area (Å²) in [6, 6.07) is 2.32. The third kappa shape index (κ3) is 5.19. The summed E-state index contributed by atoms with van der Waals surface area (Å²) in [5.74, 6) is 0.813. The van der Waals surface area contributed by atoms with Crippen LogP contribution in [-0.4, -0.2) is 13.2 Å². The maximum absolute atomic E-state index is 5.97. The molecule has 1 aromatic heterocycles. The normalized spacial score (nSPS) is 16.7. The lowest BCUT2D eigenvalue weighted by atomic mass is 9.90. The summed E-state index contributed by atoms with van der Waals surface area (Å²) in [6.45, 7) is 8.28. The molecule has 0 aliphatic heterocycles. The van der Waals surface area contributed by atoms with Gasteiger partial charge in [-0.2, -0.15) is 0 Å². The summed E-state index contributed by atoms with van der Waals surface area (Å²) in [4.78, 5) is 2.86. The number of ether oxygens (including phenoxy) is 1. The number of hydrogen-bond donors (Lipinski definition) is 1. The molecular formula is C17H29NOS. The molecule has 1 fully saturated rings. The molecule has 1 aliphatic rings. The molecule has 0 amide bonds. The summed E-state index contributed by atoms with van der Waals surface area (Å²) in [7, 11) is 0. The van der Waals surface area contributed by atoms with Crippen molar-refractivity contribution in [2.75, 3.05) is 13.2 Å². The molecule has 1 saturated carbocycles. The quantitative estimate of drug-likeness (QED) is 0.705. The molecule has 20 heavy (non-hydrogen) atoms. The fourth-order valence-corrected chi connectivity index (χ4v) is 3.91. The van der Waals surface area contributed by atoms with E-state index in [1.807, 2.05) is 11.3 Å². The molecule has 114 valence electrons. The highest BCUT2D eigenvalue weighted by Gasteiger charge is 2.14. The van der Waals surface area contributed by atoms with Crippen LogP contribution in [0.3, 0.4) is 0 Å². The van der Waals surface area contributed by atoms with E-state index >= 15 is 0 Å². The van der Waals surface area contributed by atoms with Crippen LogP contribution in [0.4, 0.5) is 0 Å². The Morgan fingerprint density at radius 1 is 1.30 bits per heavy atom. The van der Waals surface area contributed by atoms with Crippen molar-refractivity contribution in [2.24, 2.45) is 5.92 Å². The summed E-state index contributed by atoms with van der Waals surface area (Å²) >= 11 is 1.91. The first-order chi connectivity index (χ1) is 9.79. The Labute approximate surface area is 127 Å². The van der Waals surface area contributed by atoms with Crippen LogP contribution in [0, 0.1) is 12.8 Å². The molecule has 0 atom stereocenters. The summed E-state index contributed by atoms with van der Waals surface area (Å²) in [6.07, 6.45) is 8.16. The van der Waals surface area contributed by atoms with Gasteiger partial charge in [0.1, 0.15) is 0 Å². The Kier molecular flexibility index (Phi) is 7.05. The SMILES string of the molecule is CCCNCc1cc(COCC2CCCCC2)c(C)s1. The van der Waals surface area contributed by atoms with E-state index in [4.69, 9.17) is 4.74 Å².